The molecule has 0 bridgehead atoms. The van der Waals surface area contributed by atoms with Gasteiger partial charge in [0, 0.05) is 17.3 Å². The van der Waals surface area contributed by atoms with Crippen LogP contribution in [0.3, 0.4) is 0 Å². The molecule has 0 aliphatic carbocycles. The number of esters is 1. The summed E-state index contributed by atoms with van der Waals surface area (Å²) < 4.78 is 5.35. The molecule has 0 radical (unpaired) electrons. The van der Waals surface area contributed by atoms with Crippen molar-refractivity contribution in [2.24, 2.45) is 0 Å². The Morgan fingerprint density at radius 2 is 1.78 bits per heavy atom. The molecule has 0 amide bonds. The van der Waals surface area contributed by atoms with Gasteiger partial charge in [-0.05, 0) is 25.1 Å². The lowest BCUT2D eigenvalue weighted by atomic mass is 10.0. The number of pyridine rings is 1. The van der Waals surface area contributed by atoms with Crippen LogP contribution in [0.2, 0.25) is 0 Å². The first-order valence-corrected chi connectivity index (χ1v) is 5.71. The van der Waals surface area contributed by atoms with Crippen LogP contribution in [0.1, 0.15) is 28.5 Å². The molecule has 0 atom stereocenters. The predicted molar refractivity (Wildman–Crippen MR) is 68.6 cm³/mol. The van der Waals surface area contributed by atoms with Crippen LogP contribution in [-0.2, 0) is 4.74 Å². The van der Waals surface area contributed by atoms with Crippen LogP contribution in [-0.4, -0.2) is 11.0 Å². The number of carbonyl (C=O) groups excluding carboxylic acids is 1. The van der Waals surface area contributed by atoms with Gasteiger partial charge in [-0.3, -0.25) is 4.98 Å². The van der Waals surface area contributed by atoms with Gasteiger partial charge in [0.2, 0.25) is 0 Å². The molecule has 18 heavy (non-hydrogen) atoms. The van der Waals surface area contributed by atoms with Gasteiger partial charge in [0.1, 0.15) is 5.76 Å². The Bertz CT molecular complexity index is 645. The van der Waals surface area contributed by atoms with Gasteiger partial charge in [-0.2, -0.15) is 0 Å². The Hall–Kier alpha value is -2.42. The lowest BCUT2D eigenvalue weighted by molar-refractivity contribution is 0.0716. The average molecular weight is 237 g/mol. The molecule has 0 spiro atoms. The molecular formula is C15H11NO2. The van der Waals surface area contributed by atoms with E-state index in [1.807, 2.05) is 43.3 Å². The molecule has 2 heterocycles. The Labute approximate surface area is 105 Å². The molecule has 88 valence electrons. The fraction of sp³-hybridized carbons (Fsp3) is 0.0667. The summed E-state index contributed by atoms with van der Waals surface area (Å²) in [7, 11) is 0. The van der Waals surface area contributed by atoms with Gasteiger partial charge in [0.05, 0.1) is 11.3 Å². The highest BCUT2D eigenvalue weighted by molar-refractivity contribution is 6.07. The van der Waals surface area contributed by atoms with Crippen LogP contribution in [0.15, 0.2) is 48.7 Å². The number of nitrogens with zero attached hydrogens (tertiary/aromatic N) is 1. The Morgan fingerprint density at radius 3 is 2.50 bits per heavy atom. The van der Waals surface area contributed by atoms with Crippen LogP contribution in [0.25, 0.3) is 11.3 Å². The van der Waals surface area contributed by atoms with E-state index in [0.29, 0.717) is 11.3 Å². The van der Waals surface area contributed by atoms with Crippen molar-refractivity contribution in [2.45, 2.75) is 6.92 Å². The second-order valence-electron chi connectivity index (χ2n) is 4.10. The van der Waals surface area contributed by atoms with Crippen molar-refractivity contribution in [1.82, 2.24) is 4.98 Å². The van der Waals surface area contributed by atoms with Crippen molar-refractivity contribution >= 4 is 17.3 Å². The molecule has 1 aliphatic heterocycles. The fourth-order valence-electron chi connectivity index (χ4n) is 2.04. The van der Waals surface area contributed by atoms with Crippen LogP contribution >= 0.6 is 0 Å². The van der Waals surface area contributed by atoms with E-state index in [0.717, 1.165) is 16.8 Å². The van der Waals surface area contributed by atoms with Gasteiger partial charge < -0.3 is 4.74 Å². The third kappa shape index (κ3) is 1.61. The third-order valence-corrected chi connectivity index (χ3v) is 2.98. The lowest BCUT2D eigenvalue weighted by Crippen LogP contribution is -1.93. The molecule has 0 fully saturated rings. The molecule has 1 aromatic heterocycles. The highest BCUT2D eigenvalue weighted by atomic mass is 16.5. The molecule has 3 nitrogen and oxygen atoms in total. The van der Waals surface area contributed by atoms with Crippen molar-refractivity contribution in [2.75, 3.05) is 0 Å². The molecule has 0 N–H and O–H groups in total. The normalized spacial score (nSPS) is 16.2. The van der Waals surface area contributed by atoms with Crippen LogP contribution in [0.5, 0.6) is 0 Å². The maximum atomic E-state index is 11.7. The number of hydrogen-bond donors (Lipinski definition) is 0. The van der Waals surface area contributed by atoms with Gasteiger partial charge in [-0.25, -0.2) is 4.79 Å². The molecule has 0 saturated heterocycles. The number of hydrogen-bond acceptors (Lipinski definition) is 3. The summed E-state index contributed by atoms with van der Waals surface area (Å²) in [4.78, 5) is 16.0. The van der Waals surface area contributed by atoms with Crippen molar-refractivity contribution < 1.29 is 9.53 Å². The van der Waals surface area contributed by atoms with E-state index in [1.165, 1.54) is 0 Å². The van der Waals surface area contributed by atoms with E-state index in [-0.39, 0.29) is 5.97 Å². The van der Waals surface area contributed by atoms with Gasteiger partial charge in [0.15, 0.2) is 0 Å². The number of aromatic nitrogens is 1. The Balaban J connectivity index is 2.17. The summed E-state index contributed by atoms with van der Waals surface area (Å²) in [5.74, 6) is 0.310. The Kier molecular flexibility index (Phi) is 2.45. The summed E-state index contributed by atoms with van der Waals surface area (Å²) in [6, 6.07) is 13.1. The summed E-state index contributed by atoms with van der Waals surface area (Å²) in [5.41, 5.74) is 3.14. The smallest absolute Gasteiger partial charge is 0.344 e. The SMILES string of the molecule is C/C(=C1/OC(=O)c2ccccc21)c1ccccn1. The van der Waals surface area contributed by atoms with Crippen molar-refractivity contribution in [1.29, 1.82) is 0 Å². The molecule has 0 unspecified atom stereocenters. The number of rotatable bonds is 1. The van der Waals surface area contributed by atoms with Crippen molar-refractivity contribution in [3.05, 3.63) is 65.5 Å². The third-order valence-electron chi connectivity index (χ3n) is 2.98. The molecule has 2 aromatic rings. The van der Waals surface area contributed by atoms with E-state index in [2.05, 4.69) is 4.98 Å². The van der Waals surface area contributed by atoms with E-state index in [4.69, 9.17) is 4.74 Å². The van der Waals surface area contributed by atoms with Gasteiger partial charge in [-0.1, -0.05) is 24.3 Å². The van der Waals surface area contributed by atoms with E-state index >= 15 is 0 Å². The monoisotopic (exact) mass is 237 g/mol. The molecule has 3 heteroatoms. The Morgan fingerprint density at radius 1 is 1.06 bits per heavy atom. The number of cyclic esters (lactones) is 1. The van der Waals surface area contributed by atoms with Crippen LogP contribution < -0.4 is 0 Å². The maximum absolute atomic E-state index is 11.7. The topological polar surface area (TPSA) is 39.2 Å². The zero-order valence-corrected chi connectivity index (χ0v) is 9.88. The van der Waals surface area contributed by atoms with Gasteiger partial charge in [0.25, 0.3) is 0 Å². The van der Waals surface area contributed by atoms with Crippen LogP contribution in [0, 0.1) is 0 Å². The number of benzene rings is 1. The highest BCUT2D eigenvalue weighted by Gasteiger charge is 2.27. The number of carbonyl (C=O) groups is 1. The minimum atomic E-state index is -0.295. The number of allylic oxidation sites excluding steroid dienone is 1. The van der Waals surface area contributed by atoms with Crippen molar-refractivity contribution in [3.8, 4) is 0 Å². The van der Waals surface area contributed by atoms with Gasteiger partial charge in [-0.15, -0.1) is 0 Å². The average Bonchev–Trinajstić information content (AvgIpc) is 2.77. The second kappa shape index (κ2) is 4.11. The fourth-order valence-corrected chi connectivity index (χ4v) is 2.04. The molecule has 3 rings (SSSR count). The number of ether oxygens (including phenoxy) is 1. The first kappa shape index (κ1) is 10.7. The molecular weight excluding hydrogens is 226 g/mol. The van der Waals surface area contributed by atoms with Crippen LogP contribution in [0.4, 0.5) is 0 Å². The summed E-state index contributed by atoms with van der Waals surface area (Å²) in [6.07, 6.45) is 1.72. The van der Waals surface area contributed by atoms with E-state index in [1.54, 1.807) is 12.3 Å². The lowest BCUT2D eigenvalue weighted by Gasteiger charge is -2.05. The summed E-state index contributed by atoms with van der Waals surface area (Å²) in [5, 5.41) is 0. The maximum Gasteiger partial charge on any atom is 0.344 e. The van der Waals surface area contributed by atoms with Gasteiger partial charge >= 0.3 is 5.97 Å². The molecule has 0 saturated carbocycles. The first-order chi connectivity index (χ1) is 8.77. The zero-order chi connectivity index (χ0) is 12.5. The summed E-state index contributed by atoms with van der Waals surface area (Å²) >= 11 is 0. The minimum Gasteiger partial charge on any atom is -0.422 e. The quantitative estimate of drug-likeness (QED) is 0.715. The standard InChI is InChI=1S/C15H11NO2/c1-10(13-8-4-5-9-16-13)14-11-6-2-3-7-12(11)15(17)18-14/h2-9H,1H3/b14-10-. The molecule has 1 aromatic carbocycles. The minimum absolute atomic E-state index is 0.295. The first-order valence-electron chi connectivity index (χ1n) is 5.71. The van der Waals surface area contributed by atoms with E-state index in [9.17, 15) is 4.79 Å². The number of fused-ring (bicyclic) bond motifs is 1. The second-order valence-corrected chi connectivity index (χ2v) is 4.10. The zero-order valence-electron chi connectivity index (χ0n) is 9.88. The predicted octanol–water partition coefficient (Wildman–Crippen LogP) is 3.14. The van der Waals surface area contributed by atoms with Crippen molar-refractivity contribution in [3.63, 3.8) is 0 Å². The van der Waals surface area contributed by atoms with E-state index < -0.39 is 0 Å². The summed E-state index contributed by atoms with van der Waals surface area (Å²) in [6.45, 7) is 1.91. The highest BCUT2D eigenvalue weighted by Crippen LogP contribution is 2.34. The largest absolute Gasteiger partial charge is 0.422 e. The molecule has 1 aliphatic rings.